The first-order valence-corrected chi connectivity index (χ1v) is 10.4. The van der Waals surface area contributed by atoms with Crippen LogP contribution in [0.4, 0.5) is 11.4 Å². The molecule has 27 heavy (non-hydrogen) atoms. The first-order chi connectivity index (χ1) is 13.0. The second-order valence-corrected chi connectivity index (χ2v) is 8.55. The minimum atomic E-state index is -3.58. The highest BCUT2D eigenvalue weighted by atomic mass is 32.2. The Hall–Kier alpha value is -2.84. The van der Waals surface area contributed by atoms with Crippen LogP contribution in [0.1, 0.15) is 5.56 Å². The molecule has 3 rings (SSSR count). The van der Waals surface area contributed by atoms with Crippen LogP contribution in [-0.4, -0.2) is 21.4 Å². The van der Waals surface area contributed by atoms with Gasteiger partial charge in [0, 0.05) is 17.4 Å². The SMILES string of the molecule is COc1cccc(NC(=O)Cc2ccc(NS(=O)(=O)c3cccs3)cc2)c1. The molecule has 0 bridgehead atoms. The number of sulfonamides is 1. The Labute approximate surface area is 161 Å². The van der Waals surface area contributed by atoms with Crippen molar-refractivity contribution in [2.45, 2.75) is 10.6 Å². The third-order valence-electron chi connectivity index (χ3n) is 3.68. The highest BCUT2D eigenvalue weighted by Gasteiger charge is 2.15. The molecule has 6 nitrogen and oxygen atoms in total. The van der Waals surface area contributed by atoms with Gasteiger partial charge in [-0.3, -0.25) is 9.52 Å². The minimum Gasteiger partial charge on any atom is -0.497 e. The van der Waals surface area contributed by atoms with E-state index in [0.717, 1.165) is 16.9 Å². The van der Waals surface area contributed by atoms with Crippen LogP contribution in [0.15, 0.2) is 70.3 Å². The molecular weight excluding hydrogens is 384 g/mol. The molecule has 8 heteroatoms. The predicted molar refractivity (Wildman–Crippen MR) is 107 cm³/mol. The number of carbonyl (C=O) groups excluding carboxylic acids is 1. The minimum absolute atomic E-state index is 0.171. The van der Waals surface area contributed by atoms with Crippen LogP contribution in [0.25, 0.3) is 0 Å². The summed E-state index contributed by atoms with van der Waals surface area (Å²) in [4.78, 5) is 12.2. The summed E-state index contributed by atoms with van der Waals surface area (Å²) in [6, 6.07) is 17.1. The van der Waals surface area contributed by atoms with Crippen molar-refractivity contribution in [1.82, 2.24) is 0 Å². The summed E-state index contributed by atoms with van der Waals surface area (Å²) in [6.45, 7) is 0. The van der Waals surface area contributed by atoms with E-state index in [1.807, 2.05) is 0 Å². The van der Waals surface area contributed by atoms with Crippen LogP contribution in [-0.2, 0) is 21.2 Å². The summed E-state index contributed by atoms with van der Waals surface area (Å²) in [5.74, 6) is 0.491. The number of thiophene rings is 1. The quantitative estimate of drug-likeness (QED) is 0.631. The number of methoxy groups -OCH3 is 1. The second-order valence-electron chi connectivity index (χ2n) is 5.69. The molecule has 0 atom stereocenters. The van der Waals surface area contributed by atoms with Crippen molar-refractivity contribution in [3.05, 3.63) is 71.6 Å². The van der Waals surface area contributed by atoms with Gasteiger partial charge in [0.15, 0.2) is 0 Å². The van der Waals surface area contributed by atoms with Gasteiger partial charge in [0.2, 0.25) is 5.91 Å². The largest absolute Gasteiger partial charge is 0.497 e. The number of amides is 1. The summed E-state index contributed by atoms with van der Waals surface area (Å²) in [5, 5.41) is 4.51. The predicted octanol–water partition coefficient (Wildman–Crippen LogP) is 3.74. The Kier molecular flexibility index (Phi) is 5.78. The number of rotatable bonds is 7. The van der Waals surface area contributed by atoms with Crippen LogP contribution in [0.2, 0.25) is 0 Å². The van der Waals surface area contributed by atoms with Gasteiger partial charge in [-0.2, -0.15) is 0 Å². The molecule has 0 aliphatic carbocycles. The van der Waals surface area contributed by atoms with Gasteiger partial charge in [-0.25, -0.2) is 8.42 Å². The number of hydrogen-bond acceptors (Lipinski definition) is 5. The van der Waals surface area contributed by atoms with Crippen molar-refractivity contribution < 1.29 is 17.9 Å². The second kappa shape index (κ2) is 8.24. The lowest BCUT2D eigenvalue weighted by Gasteiger charge is -2.09. The van der Waals surface area contributed by atoms with Crippen LogP contribution < -0.4 is 14.8 Å². The lowest BCUT2D eigenvalue weighted by atomic mass is 10.1. The first kappa shape index (κ1) is 18.9. The molecule has 2 aromatic carbocycles. The Morgan fingerprint density at radius 3 is 2.48 bits per heavy atom. The fourth-order valence-electron chi connectivity index (χ4n) is 2.40. The maximum atomic E-state index is 12.2. The summed E-state index contributed by atoms with van der Waals surface area (Å²) in [5.41, 5.74) is 1.87. The molecule has 2 N–H and O–H groups in total. The molecular formula is C19H18N2O4S2. The Bertz CT molecular complexity index is 1010. The third-order valence-corrected chi connectivity index (χ3v) is 6.46. The normalized spacial score (nSPS) is 11.0. The molecule has 0 saturated carbocycles. The average molecular weight is 402 g/mol. The molecule has 1 heterocycles. The van der Waals surface area contributed by atoms with E-state index in [1.54, 1.807) is 73.2 Å². The number of hydrogen-bond donors (Lipinski definition) is 2. The summed E-state index contributed by atoms with van der Waals surface area (Å²) < 4.78 is 32.3. The number of anilines is 2. The number of carbonyl (C=O) groups is 1. The molecule has 0 fully saturated rings. The average Bonchev–Trinajstić information content (AvgIpc) is 3.19. The Balaban J connectivity index is 1.61. The lowest BCUT2D eigenvalue weighted by Crippen LogP contribution is -2.14. The Morgan fingerprint density at radius 2 is 1.81 bits per heavy atom. The maximum absolute atomic E-state index is 12.2. The van der Waals surface area contributed by atoms with E-state index in [1.165, 1.54) is 0 Å². The van der Waals surface area contributed by atoms with Crippen molar-refractivity contribution in [2.75, 3.05) is 17.1 Å². The van der Waals surface area contributed by atoms with E-state index in [9.17, 15) is 13.2 Å². The number of nitrogens with one attached hydrogen (secondary N) is 2. The van der Waals surface area contributed by atoms with Crippen molar-refractivity contribution in [3.8, 4) is 5.75 Å². The first-order valence-electron chi connectivity index (χ1n) is 8.05. The van der Waals surface area contributed by atoms with E-state index in [-0.39, 0.29) is 16.5 Å². The maximum Gasteiger partial charge on any atom is 0.271 e. The molecule has 0 aliphatic heterocycles. The number of benzene rings is 2. The highest BCUT2D eigenvalue weighted by Crippen LogP contribution is 2.21. The van der Waals surface area contributed by atoms with Gasteiger partial charge in [-0.15, -0.1) is 11.3 Å². The van der Waals surface area contributed by atoms with Gasteiger partial charge in [0.25, 0.3) is 10.0 Å². The fraction of sp³-hybridized carbons (Fsp3) is 0.105. The van der Waals surface area contributed by atoms with Gasteiger partial charge < -0.3 is 10.1 Å². The fourth-order valence-corrected chi connectivity index (χ4v) is 4.46. The smallest absolute Gasteiger partial charge is 0.271 e. The van der Waals surface area contributed by atoms with Gasteiger partial charge in [0.05, 0.1) is 13.5 Å². The topological polar surface area (TPSA) is 84.5 Å². The molecule has 1 amide bonds. The molecule has 0 saturated heterocycles. The zero-order chi connectivity index (χ0) is 19.3. The molecule has 0 radical (unpaired) electrons. The van der Waals surface area contributed by atoms with Crippen molar-refractivity contribution in [1.29, 1.82) is 0 Å². The van der Waals surface area contributed by atoms with E-state index in [0.29, 0.717) is 17.1 Å². The molecule has 0 unspecified atom stereocenters. The molecule has 140 valence electrons. The van der Waals surface area contributed by atoms with Crippen LogP contribution in [0.3, 0.4) is 0 Å². The zero-order valence-corrected chi connectivity index (χ0v) is 16.1. The Morgan fingerprint density at radius 1 is 1.04 bits per heavy atom. The summed E-state index contributed by atoms with van der Waals surface area (Å²) in [7, 11) is -2.01. The van der Waals surface area contributed by atoms with E-state index in [2.05, 4.69) is 10.0 Å². The number of ether oxygens (including phenoxy) is 1. The molecule has 1 aromatic heterocycles. The van der Waals surface area contributed by atoms with E-state index >= 15 is 0 Å². The van der Waals surface area contributed by atoms with Crippen LogP contribution >= 0.6 is 11.3 Å². The van der Waals surface area contributed by atoms with Gasteiger partial charge in [-0.05, 0) is 41.3 Å². The summed E-state index contributed by atoms with van der Waals surface area (Å²) in [6.07, 6.45) is 0.176. The molecule has 0 aliphatic rings. The van der Waals surface area contributed by atoms with Gasteiger partial charge in [0.1, 0.15) is 9.96 Å². The van der Waals surface area contributed by atoms with Gasteiger partial charge in [-0.1, -0.05) is 24.3 Å². The highest BCUT2D eigenvalue weighted by molar-refractivity contribution is 7.94. The van der Waals surface area contributed by atoms with E-state index < -0.39 is 10.0 Å². The molecule has 3 aromatic rings. The standard InChI is InChI=1S/C19H18N2O4S2/c1-25-17-5-2-4-16(13-17)20-18(22)12-14-7-9-15(10-8-14)21-27(23,24)19-6-3-11-26-19/h2-11,13,21H,12H2,1H3,(H,20,22). The monoisotopic (exact) mass is 402 g/mol. The third kappa shape index (κ3) is 5.08. The van der Waals surface area contributed by atoms with Crippen molar-refractivity contribution in [3.63, 3.8) is 0 Å². The van der Waals surface area contributed by atoms with E-state index in [4.69, 9.17) is 4.74 Å². The van der Waals surface area contributed by atoms with Crippen molar-refractivity contribution in [2.24, 2.45) is 0 Å². The molecule has 0 spiro atoms. The van der Waals surface area contributed by atoms with Gasteiger partial charge >= 0.3 is 0 Å². The summed E-state index contributed by atoms with van der Waals surface area (Å²) >= 11 is 1.15. The van der Waals surface area contributed by atoms with Crippen molar-refractivity contribution >= 4 is 38.6 Å². The van der Waals surface area contributed by atoms with Crippen LogP contribution in [0.5, 0.6) is 5.75 Å². The van der Waals surface area contributed by atoms with Crippen LogP contribution in [0, 0.1) is 0 Å². The zero-order valence-electron chi connectivity index (χ0n) is 14.5. The lowest BCUT2D eigenvalue weighted by molar-refractivity contribution is -0.115.